The van der Waals surface area contributed by atoms with Gasteiger partial charge >= 0.3 is 5.97 Å². The summed E-state index contributed by atoms with van der Waals surface area (Å²) in [6.45, 7) is 1.54. The van der Waals surface area contributed by atoms with Crippen LogP contribution in [-0.2, 0) is 18.4 Å². The molecule has 0 saturated heterocycles. The molecular formula is C15H17N7O3S. The number of hydrogen-bond acceptors (Lipinski definition) is 10. The number of nitrogens with zero attached hydrogens (tertiary/aromatic N) is 6. The first-order valence-electron chi connectivity index (χ1n) is 7.57. The Morgan fingerprint density at radius 3 is 2.77 bits per heavy atom. The summed E-state index contributed by atoms with van der Waals surface area (Å²) in [5, 5.41) is 0.422. The van der Waals surface area contributed by atoms with Crippen LogP contribution in [0.4, 0.5) is 11.9 Å². The molecule has 0 unspecified atom stereocenters. The zero-order valence-electron chi connectivity index (χ0n) is 14.7. The Morgan fingerprint density at radius 2 is 2.08 bits per heavy atom. The first kappa shape index (κ1) is 17.7. The maximum absolute atomic E-state index is 12.4. The van der Waals surface area contributed by atoms with Crippen molar-refractivity contribution in [2.75, 3.05) is 24.7 Å². The standard InChI is InChI=1S/C15H17N7O3S/c1-7-9-11(17-6-22(4)12(9)23)26-10(7)13(24)25-5-8-18-14(16)20-15(19-8)21(2)3/h6H,5H2,1-4H3,(H2,16,18,19,20). The fourth-order valence-corrected chi connectivity index (χ4v) is 3.32. The third kappa shape index (κ3) is 3.20. The van der Waals surface area contributed by atoms with Crippen LogP contribution in [0.2, 0.25) is 0 Å². The molecule has 11 heteroatoms. The maximum atomic E-state index is 12.4. The van der Waals surface area contributed by atoms with Gasteiger partial charge in [0, 0.05) is 21.1 Å². The van der Waals surface area contributed by atoms with E-state index in [2.05, 4.69) is 19.9 Å². The first-order chi connectivity index (χ1) is 12.3. The average Bonchev–Trinajstić information content (AvgIpc) is 2.93. The van der Waals surface area contributed by atoms with E-state index in [0.29, 0.717) is 26.6 Å². The molecule has 0 aliphatic carbocycles. The third-order valence-corrected chi connectivity index (χ3v) is 4.80. The van der Waals surface area contributed by atoms with Gasteiger partial charge in [0.1, 0.15) is 9.71 Å². The highest BCUT2D eigenvalue weighted by molar-refractivity contribution is 7.20. The number of nitrogen functional groups attached to an aromatic ring is 1. The van der Waals surface area contributed by atoms with Gasteiger partial charge in [-0.2, -0.15) is 15.0 Å². The van der Waals surface area contributed by atoms with Crippen molar-refractivity contribution >= 4 is 39.4 Å². The molecular weight excluding hydrogens is 358 g/mol. The molecule has 0 aliphatic heterocycles. The summed E-state index contributed by atoms with van der Waals surface area (Å²) >= 11 is 1.12. The Morgan fingerprint density at radius 1 is 1.35 bits per heavy atom. The van der Waals surface area contributed by atoms with Crippen molar-refractivity contribution in [2.24, 2.45) is 7.05 Å². The molecule has 3 rings (SSSR count). The molecule has 3 aromatic rings. The van der Waals surface area contributed by atoms with E-state index in [1.807, 2.05) is 0 Å². The van der Waals surface area contributed by atoms with Crippen LogP contribution >= 0.6 is 11.3 Å². The molecule has 0 spiro atoms. The number of anilines is 2. The molecule has 3 heterocycles. The molecule has 0 saturated carbocycles. The molecule has 2 N–H and O–H groups in total. The van der Waals surface area contributed by atoms with Gasteiger partial charge in [-0.25, -0.2) is 9.78 Å². The Balaban J connectivity index is 1.85. The van der Waals surface area contributed by atoms with E-state index in [-0.39, 0.29) is 23.9 Å². The molecule has 0 amide bonds. The molecule has 136 valence electrons. The van der Waals surface area contributed by atoms with Crippen molar-refractivity contribution in [3.05, 3.63) is 32.9 Å². The number of aromatic nitrogens is 5. The highest BCUT2D eigenvalue weighted by atomic mass is 32.1. The van der Waals surface area contributed by atoms with Crippen LogP contribution < -0.4 is 16.2 Å². The Hall–Kier alpha value is -3.08. The largest absolute Gasteiger partial charge is 0.453 e. The van der Waals surface area contributed by atoms with E-state index in [1.165, 1.54) is 10.9 Å². The second kappa shape index (κ2) is 6.67. The monoisotopic (exact) mass is 375 g/mol. The molecule has 0 radical (unpaired) electrons. The third-order valence-electron chi connectivity index (χ3n) is 3.62. The maximum Gasteiger partial charge on any atom is 0.349 e. The Labute approximate surface area is 152 Å². The Bertz CT molecular complexity index is 1060. The van der Waals surface area contributed by atoms with E-state index in [1.54, 1.807) is 33.0 Å². The second-order valence-corrected chi connectivity index (χ2v) is 6.78. The summed E-state index contributed by atoms with van der Waals surface area (Å²) in [6, 6.07) is 0. The normalized spacial score (nSPS) is 10.9. The minimum Gasteiger partial charge on any atom is -0.453 e. The lowest BCUT2D eigenvalue weighted by Crippen LogP contribution is -2.17. The minimum atomic E-state index is -0.571. The van der Waals surface area contributed by atoms with Gasteiger partial charge in [0.15, 0.2) is 12.4 Å². The number of hydrogen-bond donors (Lipinski definition) is 1. The summed E-state index contributed by atoms with van der Waals surface area (Å²) in [4.78, 5) is 43.5. The van der Waals surface area contributed by atoms with Crippen molar-refractivity contribution in [3.63, 3.8) is 0 Å². The van der Waals surface area contributed by atoms with Gasteiger partial charge in [-0.3, -0.25) is 4.79 Å². The van der Waals surface area contributed by atoms with Gasteiger partial charge in [-0.05, 0) is 12.5 Å². The molecule has 0 aliphatic rings. The predicted octanol–water partition coefficient (Wildman–Crippen LogP) is 0.494. The molecule has 0 atom stereocenters. The van der Waals surface area contributed by atoms with Crippen molar-refractivity contribution in [3.8, 4) is 0 Å². The molecule has 0 fully saturated rings. The number of aryl methyl sites for hydroxylation is 2. The zero-order valence-corrected chi connectivity index (χ0v) is 15.5. The fraction of sp³-hybridized carbons (Fsp3) is 0.333. The van der Waals surface area contributed by atoms with E-state index in [0.717, 1.165) is 11.3 Å². The molecule has 0 aromatic carbocycles. The van der Waals surface area contributed by atoms with E-state index < -0.39 is 5.97 Å². The van der Waals surface area contributed by atoms with E-state index >= 15 is 0 Å². The van der Waals surface area contributed by atoms with Gasteiger partial charge < -0.3 is 19.9 Å². The second-order valence-electron chi connectivity index (χ2n) is 5.78. The van der Waals surface area contributed by atoms with Gasteiger partial charge in [0.25, 0.3) is 5.56 Å². The van der Waals surface area contributed by atoms with Crippen molar-refractivity contribution in [1.29, 1.82) is 0 Å². The number of thiophene rings is 1. The molecule has 10 nitrogen and oxygen atoms in total. The molecule has 0 bridgehead atoms. The predicted molar refractivity (Wildman–Crippen MR) is 97.3 cm³/mol. The first-order valence-corrected chi connectivity index (χ1v) is 8.39. The van der Waals surface area contributed by atoms with Crippen LogP contribution in [0, 0.1) is 6.92 Å². The lowest BCUT2D eigenvalue weighted by molar-refractivity contribution is 0.0467. The van der Waals surface area contributed by atoms with Crippen LogP contribution in [0.1, 0.15) is 21.1 Å². The topological polar surface area (TPSA) is 129 Å². The summed E-state index contributed by atoms with van der Waals surface area (Å²) in [5.74, 6) is 0.0788. The minimum absolute atomic E-state index is 0.0421. The van der Waals surface area contributed by atoms with E-state index in [9.17, 15) is 9.59 Å². The van der Waals surface area contributed by atoms with Crippen molar-refractivity contribution in [1.82, 2.24) is 24.5 Å². The zero-order chi connectivity index (χ0) is 19.0. The van der Waals surface area contributed by atoms with Crippen LogP contribution in [-0.4, -0.2) is 44.6 Å². The number of nitrogens with two attached hydrogens (primary N) is 1. The van der Waals surface area contributed by atoms with Crippen molar-refractivity contribution < 1.29 is 9.53 Å². The number of ether oxygens (including phenoxy) is 1. The SMILES string of the molecule is Cc1c(C(=O)OCc2nc(N)nc(N(C)C)n2)sc2ncn(C)c(=O)c12. The summed E-state index contributed by atoms with van der Waals surface area (Å²) in [7, 11) is 5.13. The van der Waals surface area contributed by atoms with Gasteiger partial charge in [-0.1, -0.05) is 0 Å². The highest BCUT2D eigenvalue weighted by Gasteiger charge is 2.20. The van der Waals surface area contributed by atoms with Gasteiger partial charge in [0.2, 0.25) is 11.9 Å². The lowest BCUT2D eigenvalue weighted by atomic mass is 10.2. The van der Waals surface area contributed by atoms with Gasteiger partial charge in [0.05, 0.1) is 11.7 Å². The summed E-state index contributed by atoms with van der Waals surface area (Å²) in [5.41, 5.74) is 5.99. The number of rotatable bonds is 4. The number of carbonyl (C=O) groups is 1. The molecule has 3 aromatic heterocycles. The quantitative estimate of drug-likeness (QED) is 0.648. The van der Waals surface area contributed by atoms with Gasteiger partial charge in [-0.15, -0.1) is 11.3 Å². The Kier molecular flexibility index (Phi) is 4.55. The average molecular weight is 375 g/mol. The summed E-state index contributed by atoms with van der Waals surface area (Å²) < 4.78 is 6.66. The van der Waals surface area contributed by atoms with Crippen LogP contribution in [0.15, 0.2) is 11.1 Å². The smallest absolute Gasteiger partial charge is 0.349 e. The lowest BCUT2D eigenvalue weighted by Gasteiger charge is -2.11. The summed E-state index contributed by atoms with van der Waals surface area (Å²) in [6.07, 6.45) is 1.42. The number of fused-ring (bicyclic) bond motifs is 1. The fourth-order valence-electron chi connectivity index (χ4n) is 2.29. The highest BCUT2D eigenvalue weighted by Crippen LogP contribution is 2.27. The number of carbonyl (C=O) groups excluding carboxylic acids is 1. The van der Waals surface area contributed by atoms with Crippen LogP contribution in [0.5, 0.6) is 0 Å². The van der Waals surface area contributed by atoms with E-state index in [4.69, 9.17) is 10.5 Å². The van der Waals surface area contributed by atoms with Crippen molar-refractivity contribution in [2.45, 2.75) is 13.5 Å². The molecule has 26 heavy (non-hydrogen) atoms. The van der Waals surface area contributed by atoms with Crippen LogP contribution in [0.25, 0.3) is 10.2 Å². The van der Waals surface area contributed by atoms with Crippen LogP contribution in [0.3, 0.4) is 0 Å². The number of esters is 1.